The van der Waals surface area contributed by atoms with Gasteiger partial charge in [-0.1, -0.05) is 24.6 Å². The maximum absolute atomic E-state index is 13.8. The number of carbonyl (C=O) groups is 1. The number of nitrogens with one attached hydrogen (secondary N) is 1. The standard InChI is InChI=1S/C25H27ClN4O4/c1-4-15-11-25(7-8-34-12-25)24-29-20-16(9-13(2)10-17(20)22(31)30(15)24)14(3)27-18-5-6-19(26)28-21(18)23(32)33/h5-6,9-10,14-15,27H,4,7-8,11-12H2,1-3H3,(H,32,33)/t14-,15+,25+/m1/s1. The number of benzene rings is 1. The molecular formula is C25H27ClN4O4. The molecule has 2 aliphatic rings. The van der Waals surface area contributed by atoms with Crippen LogP contribution in [0.4, 0.5) is 5.69 Å². The fourth-order valence-corrected chi connectivity index (χ4v) is 5.60. The first-order chi connectivity index (χ1) is 16.2. The molecule has 1 saturated heterocycles. The summed E-state index contributed by atoms with van der Waals surface area (Å²) in [6, 6.07) is 6.81. The number of hydrogen-bond acceptors (Lipinski definition) is 6. The summed E-state index contributed by atoms with van der Waals surface area (Å²) in [6.45, 7) is 7.22. The zero-order valence-electron chi connectivity index (χ0n) is 19.4. The van der Waals surface area contributed by atoms with E-state index >= 15 is 0 Å². The van der Waals surface area contributed by atoms with Crippen molar-refractivity contribution >= 4 is 34.2 Å². The van der Waals surface area contributed by atoms with E-state index in [1.165, 1.54) is 0 Å². The van der Waals surface area contributed by atoms with E-state index in [2.05, 4.69) is 17.2 Å². The van der Waals surface area contributed by atoms with E-state index in [4.69, 9.17) is 21.3 Å². The van der Waals surface area contributed by atoms with Crippen molar-refractivity contribution in [3.8, 4) is 0 Å². The first kappa shape index (κ1) is 22.8. The molecule has 3 aromatic rings. The summed E-state index contributed by atoms with van der Waals surface area (Å²) in [5.74, 6) is -0.361. The van der Waals surface area contributed by atoms with Crippen molar-refractivity contribution in [3.63, 3.8) is 0 Å². The Morgan fingerprint density at radius 2 is 2.18 bits per heavy atom. The Morgan fingerprint density at radius 1 is 1.38 bits per heavy atom. The Labute approximate surface area is 201 Å². The minimum atomic E-state index is -1.17. The number of aromatic carboxylic acids is 1. The van der Waals surface area contributed by atoms with Gasteiger partial charge in [-0.25, -0.2) is 14.8 Å². The Hall–Kier alpha value is -2.97. The van der Waals surface area contributed by atoms with Gasteiger partial charge >= 0.3 is 5.97 Å². The van der Waals surface area contributed by atoms with E-state index in [1.807, 2.05) is 30.5 Å². The molecule has 5 rings (SSSR count). The van der Waals surface area contributed by atoms with E-state index in [0.29, 0.717) is 29.8 Å². The normalized spacial score (nSPS) is 22.3. The minimum absolute atomic E-state index is 0.0211. The molecule has 9 heteroatoms. The van der Waals surface area contributed by atoms with Gasteiger partial charge in [-0.05, 0) is 56.9 Å². The number of halogens is 1. The molecule has 0 unspecified atom stereocenters. The maximum Gasteiger partial charge on any atom is 0.356 e. The van der Waals surface area contributed by atoms with Gasteiger partial charge in [0.05, 0.1) is 34.7 Å². The molecule has 0 amide bonds. The monoisotopic (exact) mass is 482 g/mol. The highest BCUT2D eigenvalue weighted by Crippen LogP contribution is 2.46. The van der Waals surface area contributed by atoms with E-state index in [9.17, 15) is 14.7 Å². The van der Waals surface area contributed by atoms with Gasteiger partial charge in [0.25, 0.3) is 5.56 Å². The molecule has 8 nitrogen and oxygen atoms in total. The van der Waals surface area contributed by atoms with Crippen LogP contribution in [0.5, 0.6) is 0 Å². The van der Waals surface area contributed by atoms with Crippen LogP contribution in [0.3, 0.4) is 0 Å². The maximum atomic E-state index is 13.8. The lowest BCUT2D eigenvalue weighted by Crippen LogP contribution is -2.29. The van der Waals surface area contributed by atoms with Crippen molar-refractivity contribution in [2.24, 2.45) is 0 Å². The van der Waals surface area contributed by atoms with Gasteiger partial charge in [-0.3, -0.25) is 9.36 Å². The van der Waals surface area contributed by atoms with Crippen LogP contribution in [0.2, 0.25) is 5.15 Å². The van der Waals surface area contributed by atoms with Crippen LogP contribution in [-0.2, 0) is 10.2 Å². The molecule has 178 valence electrons. The van der Waals surface area contributed by atoms with Crippen molar-refractivity contribution in [3.05, 3.63) is 62.4 Å². The lowest BCUT2D eigenvalue weighted by atomic mass is 9.83. The average Bonchev–Trinajstić information content (AvgIpc) is 3.40. The Morgan fingerprint density at radius 3 is 2.85 bits per heavy atom. The van der Waals surface area contributed by atoms with Crippen molar-refractivity contribution in [2.45, 2.75) is 57.5 Å². The summed E-state index contributed by atoms with van der Waals surface area (Å²) in [7, 11) is 0. The van der Waals surface area contributed by atoms with Gasteiger partial charge in [0.15, 0.2) is 5.69 Å². The molecule has 0 saturated carbocycles. The zero-order chi connectivity index (χ0) is 24.2. The summed E-state index contributed by atoms with van der Waals surface area (Å²) in [5, 5.41) is 13.5. The second kappa shape index (κ2) is 8.36. The summed E-state index contributed by atoms with van der Waals surface area (Å²) < 4.78 is 7.66. The van der Waals surface area contributed by atoms with Crippen LogP contribution in [0.25, 0.3) is 10.9 Å². The van der Waals surface area contributed by atoms with Crippen LogP contribution >= 0.6 is 11.6 Å². The van der Waals surface area contributed by atoms with Gasteiger partial charge in [0.2, 0.25) is 0 Å². The van der Waals surface area contributed by atoms with Crippen molar-refractivity contribution in [1.82, 2.24) is 14.5 Å². The largest absolute Gasteiger partial charge is 0.476 e. The van der Waals surface area contributed by atoms with Gasteiger partial charge in [-0.15, -0.1) is 0 Å². The number of anilines is 1. The second-order valence-electron chi connectivity index (χ2n) is 9.41. The molecular weight excluding hydrogens is 456 g/mol. The number of ether oxygens (including phenoxy) is 1. The summed E-state index contributed by atoms with van der Waals surface area (Å²) in [5.41, 5.74) is 2.35. The molecule has 2 aromatic heterocycles. The smallest absolute Gasteiger partial charge is 0.356 e. The third-order valence-corrected chi connectivity index (χ3v) is 7.33. The number of hydrogen-bond donors (Lipinski definition) is 2. The lowest BCUT2D eigenvalue weighted by Gasteiger charge is -2.22. The molecule has 0 radical (unpaired) electrons. The fourth-order valence-electron chi connectivity index (χ4n) is 5.45. The van der Waals surface area contributed by atoms with E-state index in [1.54, 1.807) is 12.1 Å². The molecule has 34 heavy (non-hydrogen) atoms. The summed E-state index contributed by atoms with van der Waals surface area (Å²) >= 11 is 5.91. The van der Waals surface area contributed by atoms with Crippen molar-refractivity contribution in [2.75, 3.05) is 18.5 Å². The summed E-state index contributed by atoms with van der Waals surface area (Å²) in [4.78, 5) is 34.5. The quantitative estimate of drug-likeness (QED) is 0.510. The molecule has 4 heterocycles. The van der Waals surface area contributed by atoms with Crippen LogP contribution < -0.4 is 10.9 Å². The number of aryl methyl sites for hydroxylation is 1. The number of carboxylic acids is 1. The van der Waals surface area contributed by atoms with E-state index < -0.39 is 5.97 Å². The van der Waals surface area contributed by atoms with Gasteiger partial charge in [0.1, 0.15) is 11.0 Å². The highest BCUT2D eigenvalue weighted by Gasteiger charge is 2.48. The van der Waals surface area contributed by atoms with Crippen LogP contribution in [0.1, 0.15) is 72.6 Å². The minimum Gasteiger partial charge on any atom is -0.476 e. The number of rotatable bonds is 5. The SMILES string of the molecule is CC[C@H]1C[C@]2(CCOC2)c2nc3c([C@@H](C)Nc4ccc(Cl)nc4C(=O)O)cc(C)cc3c(=O)n21. The molecule has 2 N–H and O–H groups in total. The Balaban J connectivity index is 1.67. The second-order valence-corrected chi connectivity index (χ2v) is 9.80. The molecule has 0 aliphatic carbocycles. The number of nitrogens with zero attached hydrogens (tertiary/aromatic N) is 3. The first-order valence-electron chi connectivity index (χ1n) is 11.6. The van der Waals surface area contributed by atoms with E-state index in [0.717, 1.165) is 36.2 Å². The van der Waals surface area contributed by atoms with Crippen LogP contribution in [0.15, 0.2) is 29.1 Å². The highest BCUT2D eigenvalue weighted by atomic mass is 35.5. The number of pyridine rings is 1. The number of carboxylic acid groups (broad SMARTS) is 1. The predicted molar refractivity (Wildman–Crippen MR) is 130 cm³/mol. The molecule has 1 aromatic carbocycles. The van der Waals surface area contributed by atoms with Gasteiger partial charge in [0, 0.05) is 18.2 Å². The average molecular weight is 483 g/mol. The fraction of sp³-hybridized carbons (Fsp3) is 0.440. The van der Waals surface area contributed by atoms with E-state index in [-0.39, 0.29) is 33.9 Å². The Kier molecular flexibility index (Phi) is 5.61. The molecule has 0 bridgehead atoms. The third-order valence-electron chi connectivity index (χ3n) is 7.12. The van der Waals surface area contributed by atoms with Crippen molar-refractivity contribution in [1.29, 1.82) is 0 Å². The summed E-state index contributed by atoms with van der Waals surface area (Å²) in [6.07, 6.45) is 2.58. The lowest BCUT2D eigenvalue weighted by molar-refractivity contribution is 0.0691. The highest BCUT2D eigenvalue weighted by molar-refractivity contribution is 6.29. The molecule has 1 fully saturated rings. The Bertz CT molecular complexity index is 1360. The molecule has 1 spiro atoms. The molecule has 2 aliphatic heterocycles. The van der Waals surface area contributed by atoms with Gasteiger partial charge in [-0.2, -0.15) is 0 Å². The topological polar surface area (TPSA) is 106 Å². The number of fused-ring (bicyclic) bond motifs is 3. The molecule has 3 atom stereocenters. The van der Waals surface area contributed by atoms with Gasteiger partial charge < -0.3 is 15.2 Å². The number of aromatic nitrogens is 3. The van der Waals surface area contributed by atoms with Crippen molar-refractivity contribution < 1.29 is 14.6 Å². The van der Waals surface area contributed by atoms with Crippen LogP contribution in [0, 0.1) is 6.92 Å². The zero-order valence-corrected chi connectivity index (χ0v) is 20.1. The third kappa shape index (κ3) is 3.56. The first-order valence-corrected chi connectivity index (χ1v) is 11.9. The van der Waals surface area contributed by atoms with Crippen LogP contribution in [-0.4, -0.2) is 38.8 Å². The predicted octanol–water partition coefficient (Wildman–Crippen LogP) is 4.64.